The van der Waals surface area contributed by atoms with E-state index in [0.717, 1.165) is 37.2 Å². The Balaban J connectivity index is 0. The molecule has 0 bridgehead atoms. The number of fused-ring (bicyclic) bond motifs is 1. The minimum Gasteiger partial charge on any atom is -0.445 e. The molecular weight excluding hydrogens is 648 g/mol. The van der Waals surface area contributed by atoms with Crippen LogP contribution in [0.1, 0.15) is 73.7 Å². The number of allylic oxidation sites excluding steroid dienone is 1. The highest BCUT2D eigenvalue weighted by molar-refractivity contribution is 14.0. The summed E-state index contributed by atoms with van der Waals surface area (Å²) in [5.74, 6) is -0.422. The summed E-state index contributed by atoms with van der Waals surface area (Å²) in [7, 11) is 0. The second kappa shape index (κ2) is 19.7. The first-order chi connectivity index (χ1) is 19.8. The van der Waals surface area contributed by atoms with Crippen LogP contribution < -0.4 is 10.6 Å². The van der Waals surface area contributed by atoms with Gasteiger partial charge >= 0.3 is 6.09 Å². The molecule has 4 rings (SSSR count). The Morgan fingerprint density at radius 2 is 1.76 bits per heavy atom. The molecule has 0 radical (unpaired) electrons. The van der Waals surface area contributed by atoms with Gasteiger partial charge in [-0.1, -0.05) is 62.9 Å². The zero-order valence-electron chi connectivity index (χ0n) is 25.1. The molecule has 2 aromatic carbocycles. The Bertz CT molecular complexity index is 1270. The van der Waals surface area contributed by atoms with Crippen molar-refractivity contribution >= 4 is 47.0 Å². The molecule has 1 saturated heterocycles. The van der Waals surface area contributed by atoms with Gasteiger partial charge in [-0.2, -0.15) is 0 Å². The first-order valence-electron chi connectivity index (χ1n) is 14.2. The average Bonchev–Trinajstić information content (AvgIpc) is 3.44. The summed E-state index contributed by atoms with van der Waals surface area (Å²) in [4.78, 5) is 35.4. The van der Waals surface area contributed by atoms with Gasteiger partial charge in [0.2, 0.25) is 5.91 Å². The standard InChI is InChI=1S/C27H32FN5O3.C3H6.C2H6.HI.2H2/c1-18(33-14-7-4-8-15-33)16-23(31-27(35)36-17-20-10-5-3-6-11-20)26(34)29-19(2)25-30-22-13-9-12-21(28)24(22)32-25;1-3-2;1-2;;;/h3,5-6,9-13,19,23H,1,4,7-8,14-17H2,2H3,(H,29,34)(H,30,32)(H,31,35);3H,1H2,2H3;1-2H3;3*1H/t19-,23-;;;;;/m0...../s1. The van der Waals surface area contributed by atoms with Crippen LogP contribution in [0, 0.1) is 5.82 Å². The third kappa shape index (κ3) is 11.5. The van der Waals surface area contributed by atoms with Crippen molar-refractivity contribution in [1.82, 2.24) is 25.5 Å². The van der Waals surface area contributed by atoms with Crippen LogP contribution in [0.15, 0.2) is 73.5 Å². The normalized spacial score (nSPS) is 13.5. The molecule has 42 heavy (non-hydrogen) atoms. The molecule has 3 aromatic rings. The number of halogens is 2. The monoisotopic (exact) mass is 697 g/mol. The number of H-pyrrole nitrogens is 1. The quantitative estimate of drug-likeness (QED) is 0.156. The first kappa shape index (κ1) is 36.6. The van der Waals surface area contributed by atoms with Crippen LogP contribution in [0.4, 0.5) is 9.18 Å². The number of amides is 2. The van der Waals surface area contributed by atoms with Crippen LogP contribution in [-0.4, -0.2) is 46.0 Å². The van der Waals surface area contributed by atoms with Gasteiger partial charge < -0.3 is 25.3 Å². The lowest BCUT2D eigenvalue weighted by Crippen LogP contribution is -2.48. The number of piperidine rings is 1. The minimum atomic E-state index is -0.897. The third-order valence-electron chi connectivity index (χ3n) is 6.32. The van der Waals surface area contributed by atoms with E-state index >= 15 is 0 Å². The molecule has 1 aromatic heterocycles. The molecule has 234 valence electrons. The van der Waals surface area contributed by atoms with Gasteiger partial charge in [-0.25, -0.2) is 14.2 Å². The third-order valence-corrected chi connectivity index (χ3v) is 6.32. The van der Waals surface area contributed by atoms with E-state index in [0.29, 0.717) is 11.3 Å². The number of nitrogens with zero attached hydrogens (tertiary/aromatic N) is 2. The lowest BCUT2D eigenvalue weighted by atomic mass is 10.1. The van der Waals surface area contributed by atoms with E-state index in [2.05, 4.69) is 38.7 Å². The van der Waals surface area contributed by atoms with E-state index in [4.69, 9.17) is 4.74 Å². The summed E-state index contributed by atoms with van der Waals surface area (Å²) in [5.41, 5.74) is 2.39. The lowest BCUT2D eigenvalue weighted by Gasteiger charge is -2.32. The topological polar surface area (TPSA) is 99.3 Å². The summed E-state index contributed by atoms with van der Waals surface area (Å²) in [6.07, 6.45) is 4.62. The molecular formula is C32H49FIN5O3. The lowest BCUT2D eigenvalue weighted by molar-refractivity contribution is -0.123. The second-order valence-electron chi connectivity index (χ2n) is 9.47. The Kier molecular flexibility index (Phi) is 17.1. The van der Waals surface area contributed by atoms with Crippen molar-refractivity contribution in [2.45, 2.75) is 72.1 Å². The molecule has 1 aliphatic rings. The van der Waals surface area contributed by atoms with Crippen molar-refractivity contribution in [3.05, 3.63) is 90.7 Å². The number of ether oxygens (including phenoxy) is 1. The van der Waals surface area contributed by atoms with Crippen molar-refractivity contribution < 1.29 is 21.6 Å². The average molecular weight is 698 g/mol. The molecule has 1 aliphatic heterocycles. The van der Waals surface area contributed by atoms with E-state index in [1.807, 2.05) is 51.1 Å². The number of carbonyl (C=O) groups excluding carboxylic acids is 2. The Labute approximate surface area is 269 Å². The smallest absolute Gasteiger partial charge is 0.408 e. The molecule has 2 amide bonds. The SMILES string of the molecule is C=C(C[C@H](NC(=O)OCc1ccccc1)C(=O)N[C@@H](C)c1nc2c(F)cccc2[nH]1)N1CCCCC1.C=CC.CC.I.[HH].[HH]. The number of aromatic nitrogens is 2. The molecule has 0 aliphatic carbocycles. The van der Waals surface area contributed by atoms with Gasteiger partial charge in [-0.15, -0.1) is 30.6 Å². The highest BCUT2D eigenvalue weighted by atomic mass is 127. The highest BCUT2D eigenvalue weighted by Gasteiger charge is 2.27. The largest absolute Gasteiger partial charge is 0.445 e. The summed E-state index contributed by atoms with van der Waals surface area (Å²) < 4.78 is 19.4. The van der Waals surface area contributed by atoms with Gasteiger partial charge in [0.15, 0.2) is 5.82 Å². The number of likely N-dealkylation sites (tertiary alicyclic amines) is 1. The van der Waals surface area contributed by atoms with Crippen LogP contribution in [0.3, 0.4) is 0 Å². The number of carbonyl (C=O) groups is 2. The van der Waals surface area contributed by atoms with Gasteiger partial charge in [0.05, 0.1) is 11.6 Å². The van der Waals surface area contributed by atoms with Crippen LogP contribution in [0.5, 0.6) is 0 Å². The van der Waals surface area contributed by atoms with E-state index in [-0.39, 0.29) is 45.4 Å². The highest BCUT2D eigenvalue weighted by Crippen LogP contribution is 2.20. The molecule has 1 fully saturated rings. The van der Waals surface area contributed by atoms with E-state index < -0.39 is 29.9 Å². The zero-order chi connectivity index (χ0) is 30.2. The first-order valence-corrected chi connectivity index (χ1v) is 14.2. The van der Waals surface area contributed by atoms with Crippen LogP contribution in [0.2, 0.25) is 0 Å². The van der Waals surface area contributed by atoms with Gasteiger partial charge in [0, 0.05) is 28.1 Å². The fourth-order valence-electron chi connectivity index (χ4n) is 4.29. The molecule has 8 nitrogen and oxygen atoms in total. The Morgan fingerprint density at radius 3 is 2.38 bits per heavy atom. The number of hydrogen-bond donors (Lipinski definition) is 3. The van der Waals surface area contributed by atoms with Crippen molar-refractivity contribution in [2.75, 3.05) is 13.1 Å². The second-order valence-corrected chi connectivity index (χ2v) is 9.47. The number of imidazole rings is 1. The summed E-state index contributed by atoms with van der Waals surface area (Å²) in [6, 6.07) is 12.5. The number of nitrogens with one attached hydrogen (secondary N) is 3. The van der Waals surface area contributed by atoms with Gasteiger partial charge in [-0.3, -0.25) is 4.79 Å². The van der Waals surface area contributed by atoms with Gasteiger partial charge in [-0.05, 0) is 50.8 Å². The van der Waals surface area contributed by atoms with E-state index in [1.54, 1.807) is 25.1 Å². The van der Waals surface area contributed by atoms with E-state index in [1.165, 1.54) is 12.5 Å². The predicted molar refractivity (Wildman–Crippen MR) is 182 cm³/mol. The van der Waals surface area contributed by atoms with Crippen LogP contribution in [-0.2, 0) is 16.1 Å². The number of para-hydroxylation sites is 1. The maximum absolute atomic E-state index is 14.1. The minimum absolute atomic E-state index is 0. The molecule has 3 N–H and O–H groups in total. The maximum atomic E-state index is 14.1. The number of rotatable bonds is 9. The van der Waals surface area contributed by atoms with Gasteiger partial charge in [0.25, 0.3) is 0 Å². The van der Waals surface area contributed by atoms with Crippen molar-refractivity contribution in [3.63, 3.8) is 0 Å². The van der Waals surface area contributed by atoms with Gasteiger partial charge in [0.1, 0.15) is 24.0 Å². The Morgan fingerprint density at radius 1 is 1.12 bits per heavy atom. The van der Waals surface area contributed by atoms with Crippen molar-refractivity contribution in [2.24, 2.45) is 0 Å². The fraction of sp³-hybridized carbons (Fsp3) is 0.406. The molecule has 0 saturated carbocycles. The van der Waals surface area contributed by atoms with Crippen molar-refractivity contribution in [1.29, 1.82) is 0 Å². The van der Waals surface area contributed by atoms with Crippen molar-refractivity contribution in [3.8, 4) is 0 Å². The number of hydrogen-bond acceptors (Lipinski definition) is 5. The summed E-state index contributed by atoms with van der Waals surface area (Å²) in [6.45, 7) is 17.0. The molecule has 2 atom stereocenters. The molecule has 0 unspecified atom stereocenters. The number of aromatic amines is 1. The van der Waals surface area contributed by atoms with E-state index in [9.17, 15) is 14.0 Å². The molecule has 10 heteroatoms. The fourth-order valence-corrected chi connectivity index (χ4v) is 4.29. The summed E-state index contributed by atoms with van der Waals surface area (Å²) >= 11 is 0. The number of benzene rings is 2. The Hall–Kier alpha value is -3.41. The van der Waals surface area contributed by atoms with Crippen LogP contribution in [0.25, 0.3) is 11.0 Å². The number of alkyl carbamates (subject to hydrolysis) is 1. The van der Waals surface area contributed by atoms with Crippen LogP contribution >= 0.6 is 24.0 Å². The predicted octanol–water partition coefficient (Wildman–Crippen LogP) is 7.89. The zero-order valence-corrected chi connectivity index (χ0v) is 27.5. The molecule has 2 heterocycles. The molecule has 0 spiro atoms. The maximum Gasteiger partial charge on any atom is 0.408 e. The summed E-state index contributed by atoms with van der Waals surface area (Å²) in [5, 5.41) is 5.58.